The number of aliphatic imine (C=N–C) groups is 2. The molecule has 1 aliphatic carbocycles. The van der Waals surface area contributed by atoms with E-state index in [2.05, 4.69) is 27.2 Å². The second-order valence-electron chi connectivity index (χ2n) is 5.80. The van der Waals surface area contributed by atoms with E-state index in [1.165, 1.54) is 41.7 Å². The summed E-state index contributed by atoms with van der Waals surface area (Å²) in [6.07, 6.45) is 5.30. The first-order valence-electron chi connectivity index (χ1n) is 7.44. The lowest BCUT2D eigenvalue weighted by molar-refractivity contribution is 0.285. The Balaban J connectivity index is 0.000000882. The predicted octanol–water partition coefficient (Wildman–Crippen LogP) is 3.44. The molecule has 4 rings (SSSR count). The molecule has 2 atom stereocenters. The van der Waals surface area contributed by atoms with Gasteiger partial charge in [0.15, 0.2) is 10.3 Å². The average Bonchev–Trinajstić information content (AvgIpc) is 3.12. The first-order chi connectivity index (χ1) is 9.83. The number of thioether (sulfide) groups is 2. The van der Waals surface area contributed by atoms with Crippen LogP contribution in [0.5, 0.6) is 0 Å². The number of hydrogen-bond acceptors (Lipinski definition) is 6. The first kappa shape index (κ1) is 18.3. The molecule has 22 heavy (non-hydrogen) atoms. The molecule has 2 unspecified atom stereocenters. The van der Waals surface area contributed by atoms with Crippen LogP contribution >= 0.6 is 48.3 Å². The summed E-state index contributed by atoms with van der Waals surface area (Å²) >= 11 is 3.69. The van der Waals surface area contributed by atoms with Gasteiger partial charge in [-0.1, -0.05) is 36.4 Å². The Hall–Kier alpha value is -0.0400. The summed E-state index contributed by atoms with van der Waals surface area (Å²) in [6.45, 7) is 2.02. The van der Waals surface area contributed by atoms with E-state index in [4.69, 9.17) is 4.99 Å². The maximum atomic E-state index is 4.92. The Morgan fingerprint density at radius 1 is 1.32 bits per heavy atom. The van der Waals surface area contributed by atoms with Crippen LogP contribution in [0, 0.1) is 0 Å². The van der Waals surface area contributed by atoms with E-state index in [0.717, 1.165) is 18.8 Å². The van der Waals surface area contributed by atoms with Crippen LogP contribution in [0.1, 0.15) is 25.7 Å². The van der Waals surface area contributed by atoms with Crippen molar-refractivity contribution in [3.63, 3.8) is 0 Å². The number of hydrogen-bond donors (Lipinski definition) is 0. The van der Waals surface area contributed by atoms with Crippen molar-refractivity contribution in [2.75, 3.05) is 25.9 Å². The van der Waals surface area contributed by atoms with Crippen LogP contribution in [0.3, 0.4) is 0 Å². The fourth-order valence-corrected chi connectivity index (χ4v) is 5.50. The van der Waals surface area contributed by atoms with E-state index < -0.39 is 0 Å². The third kappa shape index (κ3) is 3.25. The zero-order chi connectivity index (χ0) is 13.5. The molecule has 0 aromatic carbocycles. The predicted molar refractivity (Wildman–Crippen MR) is 103 cm³/mol. The molecule has 3 heterocycles. The van der Waals surface area contributed by atoms with Crippen molar-refractivity contribution in [1.82, 2.24) is 9.80 Å². The maximum absolute atomic E-state index is 4.92. The minimum Gasteiger partial charge on any atom is -0.353 e. The quantitative estimate of drug-likeness (QED) is 0.733. The first-order valence-corrected chi connectivity index (χ1v) is 9.30. The highest BCUT2D eigenvalue weighted by atomic mass is 35.5. The Morgan fingerprint density at radius 2 is 2.14 bits per heavy atom. The molecule has 8 heteroatoms. The minimum atomic E-state index is 0. The summed E-state index contributed by atoms with van der Waals surface area (Å²) in [5.41, 5.74) is 1.44. The maximum Gasteiger partial charge on any atom is 0.168 e. The zero-order valence-electron chi connectivity index (χ0n) is 12.6. The van der Waals surface area contributed by atoms with Gasteiger partial charge in [0.1, 0.15) is 0 Å². The summed E-state index contributed by atoms with van der Waals surface area (Å²) < 4.78 is 0. The van der Waals surface area contributed by atoms with Gasteiger partial charge in [-0.3, -0.25) is 9.98 Å². The van der Waals surface area contributed by atoms with Gasteiger partial charge < -0.3 is 9.80 Å². The lowest BCUT2D eigenvalue weighted by Gasteiger charge is -2.32. The van der Waals surface area contributed by atoms with Gasteiger partial charge in [-0.25, -0.2) is 0 Å². The van der Waals surface area contributed by atoms with E-state index in [-0.39, 0.29) is 24.8 Å². The highest BCUT2D eigenvalue weighted by Crippen LogP contribution is 2.41. The fourth-order valence-electron chi connectivity index (χ4n) is 3.40. The molecular formula is C14H22Cl2N4S2. The molecule has 1 fully saturated rings. The van der Waals surface area contributed by atoms with Crippen molar-refractivity contribution >= 4 is 58.7 Å². The largest absolute Gasteiger partial charge is 0.353 e. The molecule has 124 valence electrons. The molecule has 0 amide bonds. The van der Waals surface area contributed by atoms with Gasteiger partial charge in [-0.05, 0) is 18.2 Å². The minimum absolute atomic E-state index is 0. The Bertz CT molecular complexity index is 509. The molecule has 0 radical (unpaired) electrons. The molecule has 3 aliphatic heterocycles. The Labute approximate surface area is 153 Å². The second-order valence-corrected chi connectivity index (χ2v) is 7.58. The number of halogens is 2. The van der Waals surface area contributed by atoms with Crippen molar-refractivity contribution in [3.05, 3.63) is 11.1 Å². The van der Waals surface area contributed by atoms with Crippen LogP contribution in [0.25, 0.3) is 0 Å². The smallest absolute Gasteiger partial charge is 0.168 e. The van der Waals surface area contributed by atoms with Gasteiger partial charge in [0.2, 0.25) is 0 Å². The van der Waals surface area contributed by atoms with E-state index >= 15 is 0 Å². The summed E-state index contributed by atoms with van der Waals surface area (Å²) in [4.78, 5) is 14.3. The van der Waals surface area contributed by atoms with Gasteiger partial charge in [0, 0.05) is 25.0 Å². The van der Waals surface area contributed by atoms with Crippen LogP contribution in [-0.4, -0.2) is 58.1 Å². The molecule has 4 aliphatic rings. The van der Waals surface area contributed by atoms with Crippen LogP contribution in [0.15, 0.2) is 21.1 Å². The van der Waals surface area contributed by atoms with Crippen molar-refractivity contribution in [3.8, 4) is 0 Å². The van der Waals surface area contributed by atoms with Crippen LogP contribution in [0.2, 0.25) is 0 Å². The SMILES string of the molecule is CN1CCN=C1SCC1=CSC2=NC3CCCCC3N12.Cl.Cl. The van der Waals surface area contributed by atoms with E-state index in [1.54, 1.807) is 0 Å². The Morgan fingerprint density at radius 3 is 2.91 bits per heavy atom. The summed E-state index contributed by atoms with van der Waals surface area (Å²) in [7, 11) is 2.14. The van der Waals surface area contributed by atoms with Crippen LogP contribution < -0.4 is 0 Å². The number of likely N-dealkylation sites (N-methyl/N-ethyl adjacent to an activating group) is 1. The Kier molecular flexibility index (Phi) is 6.39. The molecule has 0 aromatic heterocycles. The molecule has 0 bridgehead atoms. The van der Waals surface area contributed by atoms with E-state index in [1.807, 2.05) is 23.5 Å². The molecule has 0 aromatic rings. The lowest BCUT2D eigenvalue weighted by Crippen LogP contribution is -2.39. The second kappa shape index (κ2) is 7.69. The monoisotopic (exact) mass is 380 g/mol. The third-order valence-corrected chi connectivity index (χ3v) is 6.52. The highest BCUT2D eigenvalue weighted by Gasteiger charge is 2.41. The van der Waals surface area contributed by atoms with Gasteiger partial charge in [0.25, 0.3) is 0 Å². The van der Waals surface area contributed by atoms with Crippen molar-refractivity contribution < 1.29 is 0 Å². The van der Waals surface area contributed by atoms with Gasteiger partial charge in [0.05, 0.1) is 18.6 Å². The number of fused-ring (bicyclic) bond motifs is 3. The molecule has 0 N–H and O–H groups in total. The molecule has 4 nitrogen and oxygen atoms in total. The zero-order valence-corrected chi connectivity index (χ0v) is 15.9. The summed E-state index contributed by atoms with van der Waals surface area (Å²) in [5, 5.41) is 4.74. The van der Waals surface area contributed by atoms with E-state index in [9.17, 15) is 0 Å². The van der Waals surface area contributed by atoms with Gasteiger partial charge in [-0.2, -0.15) is 0 Å². The topological polar surface area (TPSA) is 31.2 Å². The van der Waals surface area contributed by atoms with Crippen LogP contribution in [0.4, 0.5) is 0 Å². The number of rotatable bonds is 2. The summed E-state index contributed by atoms with van der Waals surface area (Å²) in [6, 6.07) is 1.20. The molecule has 0 spiro atoms. The van der Waals surface area contributed by atoms with Crippen molar-refractivity contribution in [1.29, 1.82) is 0 Å². The number of nitrogens with zero attached hydrogens (tertiary/aromatic N) is 4. The summed E-state index contributed by atoms with van der Waals surface area (Å²) in [5.74, 6) is 1.03. The fraction of sp³-hybridized carbons (Fsp3) is 0.714. The molecule has 1 saturated carbocycles. The van der Waals surface area contributed by atoms with Crippen LogP contribution in [-0.2, 0) is 0 Å². The van der Waals surface area contributed by atoms with Gasteiger partial charge in [-0.15, -0.1) is 24.8 Å². The van der Waals surface area contributed by atoms with Crippen molar-refractivity contribution in [2.24, 2.45) is 9.98 Å². The number of amidine groups is 2. The van der Waals surface area contributed by atoms with Crippen molar-refractivity contribution in [2.45, 2.75) is 37.8 Å². The normalized spacial score (nSPS) is 29.0. The molecular weight excluding hydrogens is 359 g/mol. The van der Waals surface area contributed by atoms with E-state index in [0.29, 0.717) is 12.1 Å². The van der Waals surface area contributed by atoms with Gasteiger partial charge >= 0.3 is 0 Å². The third-order valence-electron chi connectivity index (χ3n) is 4.48. The lowest BCUT2D eigenvalue weighted by atomic mass is 9.91. The molecule has 0 saturated heterocycles. The standard InChI is InChI=1S/C14H20N4S2.2ClH/c1-17-7-6-15-13(17)19-8-10-9-20-14-16-11-4-2-3-5-12(11)18(10)14;;/h9,11-12H,2-8H2,1H3;2*1H. The average molecular weight is 381 g/mol. The highest BCUT2D eigenvalue weighted by molar-refractivity contribution is 8.17.